The summed E-state index contributed by atoms with van der Waals surface area (Å²) >= 11 is 8.40. The highest BCUT2D eigenvalue weighted by atomic mass is 35.5. The molecule has 1 aliphatic rings. The van der Waals surface area contributed by atoms with Crippen LogP contribution < -0.4 is 10.2 Å². The van der Waals surface area contributed by atoms with Crippen LogP contribution >= 0.6 is 23.4 Å². The van der Waals surface area contributed by atoms with Gasteiger partial charge in [0.2, 0.25) is 0 Å². The van der Waals surface area contributed by atoms with Gasteiger partial charge in [-0.1, -0.05) is 24.6 Å². The van der Waals surface area contributed by atoms with Gasteiger partial charge in [0.05, 0.1) is 0 Å². The summed E-state index contributed by atoms with van der Waals surface area (Å²) in [4.78, 5) is 2.46. The molecule has 0 bridgehead atoms. The van der Waals surface area contributed by atoms with E-state index in [0.717, 1.165) is 24.7 Å². The first-order valence-electron chi connectivity index (χ1n) is 6.56. The highest BCUT2D eigenvalue weighted by molar-refractivity contribution is 7.99. The summed E-state index contributed by atoms with van der Waals surface area (Å²) in [6.45, 7) is 7.33. The van der Waals surface area contributed by atoms with Gasteiger partial charge in [-0.05, 0) is 31.2 Å². The minimum atomic E-state index is 0.597. The van der Waals surface area contributed by atoms with Crippen LogP contribution in [-0.4, -0.2) is 30.6 Å². The number of nitrogens with zero attached hydrogens (tertiary/aromatic N) is 1. The van der Waals surface area contributed by atoms with Gasteiger partial charge in [0.15, 0.2) is 0 Å². The quantitative estimate of drug-likeness (QED) is 0.912. The molecule has 1 N–H and O–H groups in total. The minimum absolute atomic E-state index is 0.597. The summed E-state index contributed by atoms with van der Waals surface area (Å²) in [5.41, 5.74) is 2.44. The van der Waals surface area contributed by atoms with Crippen molar-refractivity contribution in [3.8, 4) is 0 Å². The van der Waals surface area contributed by atoms with Crippen LogP contribution in [0, 0.1) is 0 Å². The maximum atomic E-state index is 6.36. The lowest BCUT2D eigenvalue weighted by Crippen LogP contribution is -2.40. The Labute approximate surface area is 119 Å². The first-order valence-corrected chi connectivity index (χ1v) is 8.09. The van der Waals surface area contributed by atoms with Crippen LogP contribution in [0.5, 0.6) is 0 Å². The Morgan fingerprint density at radius 2 is 2.33 bits per heavy atom. The fraction of sp³-hybridized carbons (Fsp3) is 0.571. The van der Waals surface area contributed by atoms with Gasteiger partial charge in [-0.25, -0.2) is 0 Å². The topological polar surface area (TPSA) is 15.3 Å². The molecule has 1 atom stereocenters. The third kappa shape index (κ3) is 3.34. The van der Waals surface area contributed by atoms with E-state index in [0.29, 0.717) is 6.04 Å². The molecule has 1 unspecified atom stereocenters. The highest BCUT2D eigenvalue weighted by Gasteiger charge is 2.19. The van der Waals surface area contributed by atoms with Crippen molar-refractivity contribution in [2.75, 3.05) is 29.5 Å². The molecule has 0 spiro atoms. The highest BCUT2D eigenvalue weighted by Crippen LogP contribution is 2.28. The Morgan fingerprint density at radius 1 is 1.50 bits per heavy atom. The summed E-state index contributed by atoms with van der Waals surface area (Å²) in [5, 5.41) is 4.19. The van der Waals surface area contributed by atoms with E-state index in [2.05, 4.69) is 42.3 Å². The molecule has 0 aliphatic carbocycles. The summed E-state index contributed by atoms with van der Waals surface area (Å²) in [6.07, 6.45) is 0. The molecule has 1 fully saturated rings. The number of thioether (sulfide) groups is 1. The summed E-state index contributed by atoms with van der Waals surface area (Å²) in [6, 6.07) is 7.06. The molecule has 1 heterocycles. The van der Waals surface area contributed by atoms with Gasteiger partial charge in [-0.15, -0.1) is 0 Å². The number of halogens is 1. The van der Waals surface area contributed by atoms with Crippen molar-refractivity contribution >= 4 is 29.1 Å². The predicted octanol–water partition coefficient (Wildman–Crippen LogP) is 3.39. The van der Waals surface area contributed by atoms with Gasteiger partial charge in [-0.3, -0.25) is 0 Å². The Bertz CT molecular complexity index is 397. The van der Waals surface area contributed by atoms with Crippen molar-refractivity contribution in [1.82, 2.24) is 5.32 Å². The minimum Gasteiger partial charge on any atom is -0.367 e. The Kier molecular flexibility index (Phi) is 5.22. The molecule has 1 saturated heterocycles. The SMILES string of the molecule is CCNCc1ccc(N2CCSCC2C)cc1Cl. The molecule has 2 nitrogen and oxygen atoms in total. The second kappa shape index (κ2) is 6.69. The van der Waals surface area contributed by atoms with Crippen molar-refractivity contribution in [2.24, 2.45) is 0 Å². The molecular weight excluding hydrogens is 264 g/mol. The molecule has 4 heteroatoms. The molecule has 0 saturated carbocycles. The normalized spacial score (nSPS) is 20.2. The number of anilines is 1. The van der Waals surface area contributed by atoms with Crippen molar-refractivity contribution < 1.29 is 0 Å². The Hall–Kier alpha value is -0.380. The molecule has 0 aromatic heterocycles. The van der Waals surface area contributed by atoms with E-state index >= 15 is 0 Å². The van der Waals surface area contributed by atoms with E-state index in [1.165, 1.54) is 22.8 Å². The van der Waals surface area contributed by atoms with Gasteiger partial charge >= 0.3 is 0 Å². The van der Waals surface area contributed by atoms with Crippen molar-refractivity contribution in [2.45, 2.75) is 26.4 Å². The van der Waals surface area contributed by atoms with Gasteiger partial charge in [0.25, 0.3) is 0 Å². The van der Waals surface area contributed by atoms with Crippen molar-refractivity contribution in [1.29, 1.82) is 0 Å². The molecule has 100 valence electrons. The molecule has 1 aromatic carbocycles. The zero-order valence-corrected chi connectivity index (χ0v) is 12.7. The lowest BCUT2D eigenvalue weighted by molar-refractivity contribution is 0.698. The molecule has 18 heavy (non-hydrogen) atoms. The third-order valence-corrected chi connectivity index (χ3v) is 4.84. The maximum absolute atomic E-state index is 6.36. The number of rotatable bonds is 4. The first kappa shape index (κ1) is 14.0. The maximum Gasteiger partial charge on any atom is 0.0471 e. The van der Waals surface area contributed by atoms with E-state index in [1.54, 1.807) is 0 Å². The Morgan fingerprint density at radius 3 is 3.00 bits per heavy atom. The fourth-order valence-electron chi connectivity index (χ4n) is 2.23. The van der Waals surface area contributed by atoms with Crippen LogP contribution in [0.2, 0.25) is 5.02 Å². The standard InChI is InChI=1S/C14H21ClN2S/c1-3-16-9-12-4-5-13(8-14(12)15)17-6-7-18-10-11(17)2/h4-5,8,11,16H,3,6-7,9-10H2,1-2H3. The summed E-state index contributed by atoms with van der Waals surface area (Å²) in [7, 11) is 0. The van der Waals surface area contributed by atoms with Gasteiger partial charge in [-0.2, -0.15) is 11.8 Å². The number of nitrogens with one attached hydrogen (secondary N) is 1. The molecule has 1 aliphatic heterocycles. The van der Waals surface area contributed by atoms with Crippen molar-refractivity contribution in [3.05, 3.63) is 28.8 Å². The second-order valence-corrected chi connectivity index (χ2v) is 6.23. The zero-order chi connectivity index (χ0) is 13.0. The largest absolute Gasteiger partial charge is 0.367 e. The average molecular weight is 285 g/mol. The third-order valence-electron chi connectivity index (χ3n) is 3.30. The van der Waals surface area contributed by atoms with E-state index in [1.807, 2.05) is 11.8 Å². The Balaban J connectivity index is 2.12. The van der Waals surface area contributed by atoms with Gasteiger partial charge < -0.3 is 10.2 Å². The van der Waals surface area contributed by atoms with Gasteiger partial charge in [0, 0.05) is 41.3 Å². The van der Waals surface area contributed by atoms with E-state index in [9.17, 15) is 0 Å². The number of hydrogen-bond acceptors (Lipinski definition) is 3. The summed E-state index contributed by atoms with van der Waals surface area (Å²) in [5.74, 6) is 2.41. The number of benzene rings is 1. The average Bonchev–Trinajstić information content (AvgIpc) is 2.38. The van der Waals surface area contributed by atoms with E-state index < -0.39 is 0 Å². The molecule has 2 rings (SSSR count). The van der Waals surface area contributed by atoms with Crippen LogP contribution in [0.1, 0.15) is 19.4 Å². The van der Waals surface area contributed by atoms with Crippen LogP contribution in [0.25, 0.3) is 0 Å². The second-order valence-electron chi connectivity index (χ2n) is 4.67. The molecule has 1 aromatic rings. The van der Waals surface area contributed by atoms with E-state index in [4.69, 9.17) is 11.6 Å². The van der Waals surface area contributed by atoms with E-state index in [-0.39, 0.29) is 0 Å². The first-order chi connectivity index (χ1) is 8.72. The zero-order valence-electron chi connectivity index (χ0n) is 11.1. The van der Waals surface area contributed by atoms with Crippen LogP contribution in [0.15, 0.2) is 18.2 Å². The van der Waals surface area contributed by atoms with Crippen LogP contribution in [0.3, 0.4) is 0 Å². The predicted molar refractivity (Wildman–Crippen MR) is 83.0 cm³/mol. The summed E-state index contributed by atoms with van der Waals surface area (Å²) < 4.78 is 0. The molecular formula is C14H21ClN2S. The lowest BCUT2D eigenvalue weighted by Gasteiger charge is -2.35. The monoisotopic (exact) mass is 284 g/mol. The number of hydrogen-bond donors (Lipinski definition) is 1. The lowest BCUT2D eigenvalue weighted by atomic mass is 10.1. The van der Waals surface area contributed by atoms with Crippen LogP contribution in [0.4, 0.5) is 5.69 Å². The van der Waals surface area contributed by atoms with Crippen LogP contribution in [-0.2, 0) is 6.54 Å². The molecule has 0 radical (unpaired) electrons. The fourth-order valence-corrected chi connectivity index (χ4v) is 3.48. The molecule has 0 amide bonds. The smallest absolute Gasteiger partial charge is 0.0471 e. The van der Waals surface area contributed by atoms with Crippen molar-refractivity contribution in [3.63, 3.8) is 0 Å². The van der Waals surface area contributed by atoms with Gasteiger partial charge in [0.1, 0.15) is 0 Å².